The van der Waals surface area contributed by atoms with E-state index in [9.17, 15) is 18.3 Å². The van der Waals surface area contributed by atoms with E-state index in [4.69, 9.17) is 0 Å². The summed E-state index contributed by atoms with van der Waals surface area (Å²) >= 11 is 0. The Morgan fingerprint density at radius 1 is 0.957 bits per heavy atom. The van der Waals surface area contributed by atoms with Crippen molar-refractivity contribution in [2.75, 3.05) is 4.72 Å². The van der Waals surface area contributed by atoms with E-state index in [-0.39, 0.29) is 10.5 Å². The van der Waals surface area contributed by atoms with Gasteiger partial charge in [-0.25, -0.2) is 8.42 Å². The first-order valence-electron chi connectivity index (χ1n) is 7.42. The second-order valence-electron chi connectivity index (χ2n) is 5.61. The van der Waals surface area contributed by atoms with Crippen LogP contribution in [0.5, 0.6) is 0 Å². The molecular formula is C17H16NO4S-. The molecule has 0 aromatic heterocycles. The van der Waals surface area contributed by atoms with Crippen LogP contribution in [0.2, 0.25) is 0 Å². The lowest BCUT2D eigenvalue weighted by Gasteiger charge is -2.17. The topological polar surface area (TPSA) is 86.3 Å². The molecule has 6 heteroatoms. The first-order valence-corrected chi connectivity index (χ1v) is 8.90. The van der Waals surface area contributed by atoms with Crippen LogP contribution in [-0.2, 0) is 22.9 Å². The smallest absolute Gasteiger partial charge is 0.261 e. The van der Waals surface area contributed by atoms with Crippen LogP contribution in [0, 0.1) is 0 Å². The lowest BCUT2D eigenvalue weighted by atomic mass is 9.92. The average Bonchev–Trinajstić information content (AvgIpc) is 2.54. The number of aromatic carboxylic acids is 1. The monoisotopic (exact) mass is 330 g/mol. The number of hydrogen-bond donors (Lipinski definition) is 1. The molecular weight excluding hydrogens is 314 g/mol. The minimum Gasteiger partial charge on any atom is -0.545 e. The Bertz CT molecular complexity index is 841. The molecule has 0 spiro atoms. The summed E-state index contributed by atoms with van der Waals surface area (Å²) in [7, 11) is -3.69. The molecule has 0 unspecified atom stereocenters. The fourth-order valence-corrected chi connectivity index (χ4v) is 3.87. The fraction of sp³-hybridized carbons (Fsp3) is 0.235. The third kappa shape index (κ3) is 3.37. The maximum absolute atomic E-state index is 12.5. The highest BCUT2D eigenvalue weighted by atomic mass is 32.2. The van der Waals surface area contributed by atoms with Crippen molar-refractivity contribution >= 4 is 21.7 Å². The van der Waals surface area contributed by atoms with Gasteiger partial charge in [0.1, 0.15) is 0 Å². The number of carboxylic acids is 1. The van der Waals surface area contributed by atoms with Crippen molar-refractivity contribution in [3.05, 3.63) is 59.2 Å². The molecule has 0 amide bonds. The van der Waals surface area contributed by atoms with Crippen LogP contribution in [0.25, 0.3) is 0 Å². The van der Waals surface area contributed by atoms with E-state index >= 15 is 0 Å². The van der Waals surface area contributed by atoms with Gasteiger partial charge in [-0.2, -0.15) is 0 Å². The zero-order valence-corrected chi connectivity index (χ0v) is 13.2. The molecule has 0 heterocycles. The molecule has 2 aromatic carbocycles. The zero-order valence-electron chi connectivity index (χ0n) is 12.4. The SMILES string of the molecule is O=C([O-])c1ccc(NS(=O)(=O)c2ccc3c(c2)CCCC3)cc1. The average molecular weight is 330 g/mol. The molecule has 0 fully saturated rings. The van der Waals surface area contributed by atoms with Gasteiger partial charge in [-0.15, -0.1) is 0 Å². The molecule has 5 nitrogen and oxygen atoms in total. The molecule has 23 heavy (non-hydrogen) atoms. The van der Waals surface area contributed by atoms with Gasteiger partial charge in [0.05, 0.1) is 10.9 Å². The van der Waals surface area contributed by atoms with E-state index in [0.717, 1.165) is 31.2 Å². The molecule has 1 aliphatic carbocycles. The first kappa shape index (κ1) is 15.6. The van der Waals surface area contributed by atoms with Gasteiger partial charge < -0.3 is 9.90 Å². The van der Waals surface area contributed by atoms with Crippen LogP contribution in [0.3, 0.4) is 0 Å². The lowest BCUT2D eigenvalue weighted by molar-refractivity contribution is -0.255. The van der Waals surface area contributed by atoms with Crippen molar-refractivity contribution in [3.63, 3.8) is 0 Å². The number of sulfonamides is 1. The summed E-state index contributed by atoms with van der Waals surface area (Å²) in [5, 5.41) is 10.7. The maximum atomic E-state index is 12.5. The Morgan fingerprint density at radius 3 is 2.26 bits per heavy atom. The van der Waals surface area contributed by atoms with Gasteiger partial charge in [0.15, 0.2) is 0 Å². The number of rotatable bonds is 4. The summed E-state index contributed by atoms with van der Waals surface area (Å²) in [5.41, 5.74) is 2.62. The molecule has 0 saturated carbocycles. The Morgan fingerprint density at radius 2 is 1.61 bits per heavy atom. The molecule has 2 aromatic rings. The standard InChI is InChI=1S/C17H17NO4S/c19-17(20)13-5-8-15(9-6-13)18-23(21,22)16-10-7-12-3-1-2-4-14(12)11-16/h5-11,18H,1-4H2,(H,19,20)/p-1. The van der Waals surface area contributed by atoms with E-state index in [2.05, 4.69) is 4.72 Å². The largest absolute Gasteiger partial charge is 0.545 e. The van der Waals surface area contributed by atoms with Crippen molar-refractivity contribution in [2.24, 2.45) is 0 Å². The van der Waals surface area contributed by atoms with Gasteiger partial charge in [-0.05, 0) is 66.6 Å². The van der Waals surface area contributed by atoms with Crippen LogP contribution < -0.4 is 9.83 Å². The van der Waals surface area contributed by atoms with Gasteiger partial charge in [-0.1, -0.05) is 18.2 Å². The third-order valence-electron chi connectivity index (χ3n) is 4.00. The van der Waals surface area contributed by atoms with Gasteiger partial charge in [0.2, 0.25) is 0 Å². The van der Waals surface area contributed by atoms with Crippen molar-refractivity contribution < 1.29 is 18.3 Å². The van der Waals surface area contributed by atoms with E-state index in [1.807, 2.05) is 6.07 Å². The molecule has 3 rings (SSSR count). The summed E-state index contributed by atoms with van der Waals surface area (Å²) in [5.74, 6) is -1.30. The van der Waals surface area contributed by atoms with Gasteiger partial charge >= 0.3 is 0 Å². The predicted octanol–water partition coefficient (Wildman–Crippen LogP) is 1.73. The highest BCUT2D eigenvalue weighted by Crippen LogP contribution is 2.25. The van der Waals surface area contributed by atoms with Crippen LogP contribution in [0.1, 0.15) is 34.3 Å². The van der Waals surface area contributed by atoms with Crippen molar-refractivity contribution in [2.45, 2.75) is 30.6 Å². The Kier molecular flexibility index (Phi) is 4.09. The Labute approximate surface area is 135 Å². The van der Waals surface area contributed by atoms with E-state index in [0.29, 0.717) is 5.69 Å². The molecule has 1 N–H and O–H groups in total. The number of fused-ring (bicyclic) bond motifs is 1. The van der Waals surface area contributed by atoms with Gasteiger partial charge in [0.25, 0.3) is 10.0 Å². The summed E-state index contributed by atoms with van der Waals surface area (Å²) in [4.78, 5) is 10.9. The lowest BCUT2D eigenvalue weighted by Crippen LogP contribution is -2.22. The number of anilines is 1. The van der Waals surface area contributed by atoms with Gasteiger partial charge in [0, 0.05) is 5.69 Å². The number of aryl methyl sites for hydroxylation is 2. The number of carboxylic acid groups (broad SMARTS) is 1. The Hall–Kier alpha value is -2.34. The molecule has 0 atom stereocenters. The second kappa shape index (κ2) is 6.04. The zero-order chi connectivity index (χ0) is 16.4. The first-order chi connectivity index (χ1) is 11.0. The second-order valence-corrected chi connectivity index (χ2v) is 7.29. The van der Waals surface area contributed by atoms with E-state index in [1.54, 1.807) is 12.1 Å². The van der Waals surface area contributed by atoms with E-state index < -0.39 is 16.0 Å². The summed E-state index contributed by atoms with van der Waals surface area (Å²) < 4.78 is 27.4. The molecule has 1 aliphatic rings. The van der Waals surface area contributed by atoms with E-state index in [1.165, 1.54) is 29.8 Å². The highest BCUT2D eigenvalue weighted by Gasteiger charge is 2.17. The molecule has 0 aliphatic heterocycles. The third-order valence-corrected chi connectivity index (χ3v) is 5.38. The molecule has 0 bridgehead atoms. The summed E-state index contributed by atoms with van der Waals surface area (Å²) in [6.07, 6.45) is 4.11. The summed E-state index contributed by atoms with van der Waals surface area (Å²) in [6, 6.07) is 10.6. The number of carbonyl (C=O) groups excluding carboxylic acids is 1. The molecule has 0 saturated heterocycles. The summed E-state index contributed by atoms with van der Waals surface area (Å²) in [6.45, 7) is 0. The van der Waals surface area contributed by atoms with Gasteiger partial charge in [-0.3, -0.25) is 4.72 Å². The minimum atomic E-state index is -3.69. The number of hydrogen-bond acceptors (Lipinski definition) is 4. The molecule has 0 radical (unpaired) electrons. The van der Waals surface area contributed by atoms with Crippen LogP contribution in [0.4, 0.5) is 5.69 Å². The Balaban J connectivity index is 1.85. The number of nitrogens with one attached hydrogen (secondary N) is 1. The van der Waals surface area contributed by atoms with Crippen LogP contribution in [-0.4, -0.2) is 14.4 Å². The number of carbonyl (C=O) groups is 1. The van der Waals surface area contributed by atoms with Crippen LogP contribution >= 0.6 is 0 Å². The predicted molar refractivity (Wildman–Crippen MR) is 84.7 cm³/mol. The van der Waals surface area contributed by atoms with Crippen molar-refractivity contribution in [1.29, 1.82) is 0 Å². The molecule has 120 valence electrons. The maximum Gasteiger partial charge on any atom is 0.261 e. The quantitative estimate of drug-likeness (QED) is 0.925. The van der Waals surface area contributed by atoms with Crippen molar-refractivity contribution in [3.8, 4) is 0 Å². The van der Waals surface area contributed by atoms with Crippen molar-refractivity contribution in [1.82, 2.24) is 0 Å². The highest BCUT2D eigenvalue weighted by molar-refractivity contribution is 7.92. The van der Waals surface area contributed by atoms with Crippen LogP contribution in [0.15, 0.2) is 47.4 Å². The minimum absolute atomic E-state index is 0.00160. The fourth-order valence-electron chi connectivity index (χ4n) is 2.77. The number of benzene rings is 2. The normalized spacial score (nSPS) is 14.1.